The molecule has 0 radical (unpaired) electrons. The van der Waals surface area contributed by atoms with E-state index in [9.17, 15) is 8.42 Å². The van der Waals surface area contributed by atoms with Gasteiger partial charge in [-0.2, -0.15) is 0 Å². The quantitative estimate of drug-likeness (QED) is 0.409. The zero-order valence-electron chi connectivity index (χ0n) is 15.3. The van der Waals surface area contributed by atoms with Gasteiger partial charge in [0, 0.05) is 23.6 Å². The zero-order chi connectivity index (χ0) is 19.6. The summed E-state index contributed by atoms with van der Waals surface area (Å²) in [6.45, 7) is 2.23. The monoisotopic (exact) mass is 436 g/mol. The van der Waals surface area contributed by atoms with Gasteiger partial charge in [0.25, 0.3) is 0 Å². The largest absolute Gasteiger partial charge is 0.454 e. The summed E-state index contributed by atoms with van der Waals surface area (Å²) in [4.78, 5) is 4.61. The number of unbranched alkanes of at least 4 members (excludes halogenated alkanes) is 1. The maximum absolute atomic E-state index is 12.2. The highest BCUT2D eigenvalue weighted by molar-refractivity contribution is 8.01. The SMILES string of the molecule is Cc1ccc(NS(=O)(=O)CCCCSc2nc3cc4c(cc3s2)OCO4)cc1. The van der Waals surface area contributed by atoms with E-state index in [2.05, 4.69) is 9.71 Å². The van der Waals surface area contributed by atoms with Crippen LogP contribution in [0.3, 0.4) is 0 Å². The van der Waals surface area contributed by atoms with Gasteiger partial charge in [0.2, 0.25) is 16.8 Å². The highest BCUT2D eigenvalue weighted by Crippen LogP contribution is 2.39. The molecule has 0 saturated carbocycles. The topological polar surface area (TPSA) is 77.5 Å². The maximum atomic E-state index is 12.2. The lowest BCUT2D eigenvalue weighted by molar-refractivity contribution is 0.174. The molecule has 148 valence electrons. The van der Waals surface area contributed by atoms with E-state index in [1.807, 2.05) is 31.2 Å². The van der Waals surface area contributed by atoms with Crippen molar-refractivity contribution in [1.82, 2.24) is 4.98 Å². The lowest BCUT2D eigenvalue weighted by Crippen LogP contribution is -2.16. The van der Waals surface area contributed by atoms with Crippen molar-refractivity contribution in [2.45, 2.75) is 24.1 Å². The standard InChI is InChI=1S/C19H20N2O4S3/c1-13-4-6-14(7-5-13)21-28(22,23)9-3-2-8-26-19-20-15-10-16-17(25-12-24-16)11-18(15)27-19/h4-7,10-11,21H,2-3,8-9,12H2,1H3. The first-order valence-electron chi connectivity index (χ1n) is 8.89. The van der Waals surface area contributed by atoms with Gasteiger partial charge in [-0.3, -0.25) is 4.72 Å². The summed E-state index contributed by atoms with van der Waals surface area (Å²) in [6, 6.07) is 11.2. The average Bonchev–Trinajstić information content (AvgIpc) is 3.26. The van der Waals surface area contributed by atoms with Crippen molar-refractivity contribution in [3.63, 3.8) is 0 Å². The van der Waals surface area contributed by atoms with E-state index < -0.39 is 10.0 Å². The van der Waals surface area contributed by atoms with Gasteiger partial charge >= 0.3 is 0 Å². The third-order valence-electron chi connectivity index (χ3n) is 4.22. The van der Waals surface area contributed by atoms with E-state index in [4.69, 9.17) is 9.47 Å². The molecule has 9 heteroatoms. The number of thioether (sulfide) groups is 1. The third kappa shape index (κ3) is 4.71. The van der Waals surface area contributed by atoms with Crippen molar-refractivity contribution >= 4 is 49.0 Å². The maximum Gasteiger partial charge on any atom is 0.232 e. The number of nitrogens with one attached hydrogen (secondary N) is 1. The van der Waals surface area contributed by atoms with E-state index in [0.717, 1.165) is 43.8 Å². The van der Waals surface area contributed by atoms with Crippen LogP contribution in [0.15, 0.2) is 40.7 Å². The van der Waals surface area contributed by atoms with Gasteiger partial charge in [0.15, 0.2) is 15.8 Å². The second-order valence-corrected chi connectivity index (χ2v) is 10.7. The van der Waals surface area contributed by atoms with E-state index in [1.165, 1.54) is 0 Å². The van der Waals surface area contributed by atoms with Crippen molar-refractivity contribution in [1.29, 1.82) is 0 Å². The van der Waals surface area contributed by atoms with Crippen molar-refractivity contribution in [3.8, 4) is 11.5 Å². The molecule has 4 rings (SSSR count). The van der Waals surface area contributed by atoms with Crippen LogP contribution in [-0.2, 0) is 10.0 Å². The first kappa shape index (κ1) is 19.4. The van der Waals surface area contributed by atoms with E-state index in [0.29, 0.717) is 12.1 Å². The summed E-state index contributed by atoms with van der Waals surface area (Å²) in [5.41, 5.74) is 2.61. The van der Waals surface area contributed by atoms with E-state index in [1.54, 1.807) is 35.2 Å². The van der Waals surface area contributed by atoms with Crippen LogP contribution in [0.2, 0.25) is 0 Å². The zero-order valence-corrected chi connectivity index (χ0v) is 17.8. The van der Waals surface area contributed by atoms with Crippen molar-refractivity contribution in [2.24, 2.45) is 0 Å². The van der Waals surface area contributed by atoms with Crippen LogP contribution in [0.25, 0.3) is 10.2 Å². The summed E-state index contributed by atoms with van der Waals surface area (Å²) in [5, 5.41) is 0. The number of aryl methyl sites for hydroxylation is 1. The van der Waals surface area contributed by atoms with Crippen LogP contribution in [-0.4, -0.2) is 31.7 Å². The predicted octanol–water partition coefficient (Wildman–Crippen LogP) is 4.65. The third-order valence-corrected chi connectivity index (χ3v) is 7.84. The van der Waals surface area contributed by atoms with Crippen LogP contribution in [0.5, 0.6) is 11.5 Å². The summed E-state index contributed by atoms with van der Waals surface area (Å²) in [5.74, 6) is 2.44. The number of thiazole rings is 1. The number of ether oxygens (including phenoxy) is 2. The van der Waals surface area contributed by atoms with E-state index >= 15 is 0 Å². The summed E-state index contributed by atoms with van der Waals surface area (Å²) < 4.78 is 39.8. The number of aromatic nitrogens is 1. The van der Waals surface area contributed by atoms with Gasteiger partial charge in [0.05, 0.1) is 16.0 Å². The minimum atomic E-state index is -3.32. The average molecular weight is 437 g/mol. The van der Waals surface area contributed by atoms with Crippen LogP contribution in [0.4, 0.5) is 5.69 Å². The van der Waals surface area contributed by atoms with Crippen LogP contribution < -0.4 is 14.2 Å². The molecular weight excluding hydrogens is 416 g/mol. The molecule has 0 unspecified atom stereocenters. The fraction of sp³-hybridized carbons (Fsp3) is 0.316. The fourth-order valence-electron chi connectivity index (χ4n) is 2.76. The second kappa shape index (κ2) is 8.18. The van der Waals surface area contributed by atoms with Gasteiger partial charge < -0.3 is 9.47 Å². The molecule has 3 aromatic rings. The molecule has 0 bridgehead atoms. The van der Waals surface area contributed by atoms with Crippen LogP contribution >= 0.6 is 23.1 Å². The molecule has 0 atom stereocenters. The smallest absolute Gasteiger partial charge is 0.232 e. The number of sulfonamides is 1. The predicted molar refractivity (Wildman–Crippen MR) is 114 cm³/mol. The summed E-state index contributed by atoms with van der Waals surface area (Å²) >= 11 is 3.27. The van der Waals surface area contributed by atoms with Gasteiger partial charge in [-0.05, 0) is 31.9 Å². The minimum absolute atomic E-state index is 0.114. The van der Waals surface area contributed by atoms with Crippen molar-refractivity contribution in [2.75, 3.05) is 23.0 Å². The molecule has 2 aromatic carbocycles. The molecule has 0 amide bonds. The number of anilines is 1. The summed E-state index contributed by atoms with van der Waals surface area (Å²) in [6.07, 6.45) is 1.41. The highest BCUT2D eigenvalue weighted by Gasteiger charge is 2.16. The molecule has 6 nitrogen and oxygen atoms in total. The number of benzene rings is 2. The number of hydrogen-bond acceptors (Lipinski definition) is 7. The van der Waals surface area contributed by atoms with Gasteiger partial charge in [-0.25, -0.2) is 13.4 Å². The molecule has 0 spiro atoms. The molecule has 0 saturated heterocycles. The highest BCUT2D eigenvalue weighted by atomic mass is 32.2. The Labute approximate surface area is 172 Å². The Morgan fingerprint density at radius 1 is 1.14 bits per heavy atom. The Balaban J connectivity index is 1.24. The van der Waals surface area contributed by atoms with Crippen molar-refractivity contribution in [3.05, 3.63) is 42.0 Å². The van der Waals surface area contributed by atoms with Crippen LogP contribution in [0.1, 0.15) is 18.4 Å². The first-order chi connectivity index (χ1) is 13.5. The lowest BCUT2D eigenvalue weighted by atomic mass is 10.2. The van der Waals surface area contributed by atoms with Gasteiger partial charge in [-0.1, -0.05) is 29.5 Å². The molecule has 1 aromatic heterocycles. The Morgan fingerprint density at radius 2 is 1.89 bits per heavy atom. The molecule has 1 aliphatic rings. The van der Waals surface area contributed by atoms with Gasteiger partial charge in [0.1, 0.15) is 0 Å². The van der Waals surface area contributed by atoms with Crippen LogP contribution in [0, 0.1) is 6.92 Å². The lowest BCUT2D eigenvalue weighted by Gasteiger charge is -2.08. The Morgan fingerprint density at radius 3 is 2.68 bits per heavy atom. The number of hydrogen-bond donors (Lipinski definition) is 1. The number of rotatable bonds is 8. The minimum Gasteiger partial charge on any atom is -0.454 e. The molecule has 1 aliphatic heterocycles. The summed E-state index contributed by atoms with van der Waals surface area (Å²) in [7, 11) is -3.32. The molecule has 2 heterocycles. The Kier molecular flexibility index (Phi) is 5.65. The first-order valence-corrected chi connectivity index (χ1v) is 12.3. The van der Waals surface area contributed by atoms with Gasteiger partial charge in [-0.15, -0.1) is 11.3 Å². The fourth-order valence-corrected chi connectivity index (χ4v) is 6.09. The van der Waals surface area contributed by atoms with Crippen molar-refractivity contribution < 1.29 is 17.9 Å². The van der Waals surface area contributed by atoms with E-state index in [-0.39, 0.29) is 12.5 Å². The number of nitrogens with zero attached hydrogens (tertiary/aromatic N) is 1. The number of fused-ring (bicyclic) bond motifs is 2. The Hall–Kier alpha value is -1.97. The molecule has 0 aliphatic carbocycles. The molecule has 28 heavy (non-hydrogen) atoms. The molecular formula is C19H20N2O4S3. The Bertz CT molecular complexity index is 1040. The normalized spacial score (nSPS) is 13.2. The molecule has 1 N–H and O–H groups in total. The molecule has 0 fully saturated rings. The second-order valence-electron chi connectivity index (χ2n) is 6.50.